The molecular weight excluding hydrogens is 296 g/mol. The molecule has 5 nitrogen and oxygen atoms in total. The third kappa shape index (κ3) is 3.50. The molecule has 0 aliphatic heterocycles. The Hall–Kier alpha value is -1.40. The van der Waals surface area contributed by atoms with Crippen molar-refractivity contribution < 1.29 is 28.2 Å². The number of hydrogen-bond acceptors (Lipinski definition) is 3. The van der Waals surface area contributed by atoms with Gasteiger partial charge in [-0.25, -0.2) is 18.4 Å². The Morgan fingerprint density at radius 1 is 1.09 bits per heavy atom. The fraction of sp³-hybridized carbons (Fsp3) is 0.867. The second kappa shape index (κ2) is 5.06. The molecule has 0 heterocycles. The Morgan fingerprint density at radius 2 is 1.59 bits per heavy atom. The number of rotatable bonds is 2. The number of aliphatic carboxylic acids is 1. The molecule has 0 aromatic heterocycles. The van der Waals surface area contributed by atoms with Gasteiger partial charge in [-0.05, 0) is 51.9 Å². The monoisotopic (exact) mass is 319 g/mol. The van der Waals surface area contributed by atoms with Crippen molar-refractivity contribution in [2.24, 2.45) is 5.41 Å². The normalized spacial score (nSPS) is 25.1. The average molecular weight is 319 g/mol. The summed E-state index contributed by atoms with van der Waals surface area (Å²) in [5.74, 6) is -3.79. The summed E-state index contributed by atoms with van der Waals surface area (Å²) in [4.78, 5) is 23.4. The van der Waals surface area contributed by atoms with Gasteiger partial charge >= 0.3 is 12.1 Å². The van der Waals surface area contributed by atoms with Gasteiger partial charge in [0.2, 0.25) is 5.92 Å². The Kier molecular flexibility index (Phi) is 3.90. The van der Waals surface area contributed by atoms with E-state index in [0.29, 0.717) is 12.8 Å². The third-order valence-corrected chi connectivity index (χ3v) is 4.55. The lowest BCUT2D eigenvalue weighted by molar-refractivity contribution is -0.164. The van der Waals surface area contributed by atoms with Crippen molar-refractivity contribution in [3.63, 3.8) is 0 Å². The zero-order chi connectivity index (χ0) is 16.8. The second-order valence-corrected chi connectivity index (χ2v) is 7.72. The molecule has 0 aromatic carbocycles. The molecule has 0 aromatic rings. The summed E-state index contributed by atoms with van der Waals surface area (Å²) in [5, 5.41) is 11.9. The van der Waals surface area contributed by atoms with Gasteiger partial charge in [-0.1, -0.05) is 0 Å². The molecule has 0 bridgehead atoms. The fourth-order valence-corrected chi connectivity index (χ4v) is 3.52. The van der Waals surface area contributed by atoms with Crippen LogP contribution in [-0.2, 0) is 9.53 Å². The molecule has 0 saturated heterocycles. The number of carbonyl (C=O) groups excluding carboxylic acids is 1. The van der Waals surface area contributed by atoms with Crippen LogP contribution in [0.1, 0.15) is 59.3 Å². The van der Waals surface area contributed by atoms with Crippen LogP contribution >= 0.6 is 0 Å². The zero-order valence-electron chi connectivity index (χ0n) is 13.2. The average Bonchev–Trinajstić information content (AvgIpc) is 2.27. The topological polar surface area (TPSA) is 75.6 Å². The Labute approximate surface area is 128 Å². The van der Waals surface area contributed by atoms with Crippen molar-refractivity contribution in [2.75, 3.05) is 0 Å². The number of hydrogen-bond donors (Lipinski definition) is 2. The van der Waals surface area contributed by atoms with Gasteiger partial charge in [0.05, 0.1) is 0 Å². The van der Waals surface area contributed by atoms with Crippen LogP contribution < -0.4 is 5.32 Å². The molecule has 7 heteroatoms. The van der Waals surface area contributed by atoms with Gasteiger partial charge in [0, 0.05) is 12.8 Å². The van der Waals surface area contributed by atoms with Crippen LogP contribution in [0.25, 0.3) is 0 Å². The molecule has 2 rings (SSSR count). The highest BCUT2D eigenvalue weighted by Crippen LogP contribution is 2.59. The molecule has 1 amide bonds. The second-order valence-electron chi connectivity index (χ2n) is 7.72. The van der Waals surface area contributed by atoms with Crippen molar-refractivity contribution in [2.45, 2.75) is 76.4 Å². The fourth-order valence-electron chi connectivity index (χ4n) is 3.52. The molecule has 2 saturated carbocycles. The summed E-state index contributed by atoms with van der Waals surface area (Å²) in [6.07, 6.45) is -0.249. The van der Waals surface area contributed by atoms with Gasteiger partial charge in [-0.3, -0.25) is 0 Å². The van der Waals surface area contributed by atoms with E-state index in [0.717, 1.165) is 0 Å². The van der Waals surface area contributed by atoms with Gasteiger partial charge in [-0.15, -0.1) is 0 Å². The molecule has 0 radical (unpaired) electrons. The van der Waals surface area contributed by atoms with Gasteiger partial charge < -0.3 is 15.2 Å². The van der Waals surface area contributed by atoms with E-state index >= 15 is 0 Å². The number of amides is 1. The summed E-state index contributed by atoms with van der Waals surface area (Å²) in [5.41, 5.74) is -2.51. The lowest BCUT2D eigenvalue weighted by atomic mass is 9.51. The lowest BCUT2D eigenvalue weighted by Crippen LogP contribution is -2.67. The maximum atomic E-state index is 13.2. The van der Waals surface area contributed by atoms with Gasteiger partial charge in [-0.2, -0.15) is 0 Å². The Bertz CT molecular complexity index is 466. The number of carbonyl (C=O) groups is 2. The minimum absolute atomic E-state index is 0.185. The molecule has 22 heavy (non-hydrogen) atoms. The molecule has 2 aliphatic rings. The van der Waals surface area contributed by atoms with Crippen LogP contribution in [0, 0.1) is 5.41 Å². The number of alkyl halides is 2. The number of nitrogens with one attached hydrogen (secondary N) is 1. The van der Waals surface area contributed by atoms with E-state index in [1.165, 1.54) is 0 Å². The van der Waals surface area contributed by atoms with Crippen LogP contribution in [0.5, 0.6) is 0 Å². The predicted octanol–water partition coefficient (Wildman–Crippen LogP) is 3.32. The van der Waals surface area contributed by atoms with Crippen molar-refractivity contribution in [3.05, 3.63) is 0 Å². The number of carboxylic acids is 1. The minimum Gasteiger partial charge on any atom is -0.480 e. The maximum absolute atomic E-state index is 13.2. The summed E-state index contributed by atoms with van der Waals surface area (Å²) >= 11 is 0. The van der Waals surface area contributed by atoms with E-state index in [1.807, 2.05) is 0 Å². The van der Waals surface area contributed by atoms with Crippen LogP contribution in [0.3, 0.4) is 0 Å². The van der Waals surface area contributed by atoms with Crippen LogP contribution in [0.4, 0.5) is 13.6 Å². The summed E-state index contributed by atoms with van der Waals surface area (Å²) in [6, 6.07) is 0. The van der Waals surface area contributed by atoms with E-state index in [-0.39, 0.29) is 25.7 Å². The summed E-state index contributed by atoms with van der Waals surface area (Å²) in [6.45, 7) is 5.06. The summed E-state index contributed by atoms with van der Waals surface area (Å²) in [7, 11) is 0. The molecule has 1 spiro atoms. The van der Waals surface area contributed by atoms with E-state index in [4.69, 9.17) is 4.74 Å². The summed E-state index contributed by atoms with van der Waals surface area (Å²) < 4.78 is 31.6. The van der Waals surface area contributed by atoms with Crippen molar-refractivity contribution in [3.8, 4) is 0 Å². The number of ether oxygens (including phenoxy) is 1. The van der Waals surface area contributed by atoms with Crippen LogP contribution in [0.15, 0.2) is 0 Å². The maximum Gasteiger partial charge on any atom is 0.408 e. The van der Waals surface area contributed by atoms with Crippen molar-refractivity contribution in [1.29, 1.82) is 0 Å². The van der Waals surface area contributed by atoms with Gasteiger partial charge in [0.15, 0.2) is 0 Å². The zero-order valence-corrected chi connectivity index (χ0v) is 13.2. The Morgan fingerprint density at radius 3 is 2.00 bits per heavy atom. The van der Waals surface area contributed by atoms with Crippen LogP contribution in [-0.4, -0.2) is 34.2 Å². The molecular formula is C15H23F2NO4. The number of alkyl carbamates (subject to hydrolysis) is 1. The molecule has 0 unspecified atom stereocenters. The first-order valence-corrected chi connectivity index (χ1v) is 7.50. The number of halogens is 2. The minimum atomic E-state index is -2.65. The standard InChI is InChI=1S/C15H23F2NO4/c1-12(2,3)22-11(21)18-14(10(19)20)8-13(9-14)4-6-15(16,17)7-5-13/h4-9H2,1-3H3,(H,18,21)(H,19,20). The van der Waals surface area contributed by atoms with E-state index in [9.17, 15) is 23.5 Å². The first-order valence-electron chi connectivity index (χ1n) is 7.50. The molecule has 2 fully saturated rings. The highest BCUT2D eigenvalue weighted by atomic mass is 19.3. The molecule has 2 aliphatic carbocycles. The third-order valence-electron chi connectivity index (χ3n) is 4.55. The predicted molar refractivity (Wildman–Crippen MR) is 74.8 cm³/mol. The first kappa shape index (κ1) is 17.0. The SMILES string of the molecule is CC(C)(C)OC(=O)NC1(C(=O)O)CC2(CCC(F)(F)CC2)C1. The van der Waals surface area contributed by atoms with Crippen molar-refractivity contribution in [1.82, 2.24) is 5.32 Å². The van der Waals surface area contributed by atoms with Crippen molar-refractivity contribution >= 4 is 12.1 Å². The Balaban J connectivity index is 2.00. The van der Waals surface area contributed by atoms with E-state index < -0.39 is 34.5 Å². The molecule has 0 atom stereocenters. The first-order chi connectivity index (χ1) is 9.87. The molecule has 2 N–H and O–H groups in total. The van der Waals surface area contributed by atoms with E-state index in [2.05, 4.69) is 5.32 Å². The lowest BCUT2D eigenvalue weighted by Gasteiger charge is -2.56. The highest BCUT2D eigenvalue weighted by Gasteiger charge is 2.62. The number of carboxylic acid groups (broad SMARTS) is 1. The quantitative estimate of drug-likeness (QED) is 0.818. The largest absolute Gasteiger partial charge is 0.480 e. The van der Waals surface area contributed by atoms with E-state index in [1.54, 1.807) is 20.8 Å². The van der Waals surface area contributed by atoms with Gasteiger partial charge in [0.1, 0.15) is 11.1 Å². The molecule has 126 valence electrons. The van der Waals surface area contributed by atoms with Gasteiger partial charge in [0.25, 0.3) is 0 Å². The smallest absolute Gasteiger partial charge is 0.408 e. The highest BCUT2D eigenvalue weighted by molar-refractivity contribution is 5.86. The van der Waals surface area contributed by atoms with Crippen LogP contribution in [0.2, 0.25) is 0 Å².